The Labute approximate surface area is 189 Å². The predicted octanol–water partition coefficient (Wildman–Crippen LogP) is 2.80. The minimum atomic E-state index is -0.640. The van der Waals surface area contributed by atoms with Gasteiger partial charge in [-0.2, -0.15) is 0 Å². The molecule has 2 aromatic rings. The number of hydrogen-bond acceptors (Lipinski definition) is 5. The Hall–Kier alpha value is -2.80. The first kappa shape index (κ1) is 22.4. The van der Waals surface area contributed by atoms with Crippen molar-refractivity contribution in [3.05, 3.63) is 59.7 Å². The number of carbonyl (C=O) groups is 2. The largest absolute Gasteiger partial charge is 0.391 e. The zero-order chi connectivity index (χ0) is 22.7. The molecule has 1 aromatic carbocycles. The summed E-state index contributed by atoms with van der Waals surface area (Å²) < 4.78 is 0. The van der Waals surface area contributed by atoms with Crippen LogP contribution < -0.4 is 5.32 Å². The van der Waals surface area contributed by atoms with E-state index < -0.39 is 6.10 Å². The Bertz CT molecular complexity index is 945. The summed E-state index contributed by atoms with van der Waals surface area (Å²) in [5.41, 5.74) is 1.32. The quantitative estimate of drug-likeness (QED) is 0.679. The number of likely N-dealkylation sites (N-methyl/N-ethyl adjacent to an activating group) is 1. The molecule has 1 heterocycles. The normalized spacial score (nSPS) is 25.6. The lowest BCUT2D eigenvalue weighted by Crippen LogP contribution is -2.44. The molecule has 0 bridgehead atoms. The van der Waals surface area contributed by atoms with Crippen LogP contribution in [-0.4, -0.2) is 57.5 Å². The van der Waals surface area contributed by atoms with Gasteiger partial charge in [-0.15, -0.1) is 0 Å². The minimum absolute atomic E-state index is 0.0661. The lowest BCUT2D eigenvalue weighted by molar-refractivity contribution is -0.119. The molecule has 0 saturated heterocycles. The number of aromatic nitrogens is 2. The van der Waals surface area contributed by atoms with E-state index in [4.69, 9.17) is 0 Å². The molecule has 2 amide bonds. The monoisotopic (exact) mass is 436 g/mol. The molecule has 0 aliphatic heterocycles. The Morgan fingerprint density at radius 2 is 1.75 bits per heavy atom. The van der Waals surface area contributed by atoms with Crippen molar-refractivity contribution >= 4 is 11.8 Å². The van der Waals surface area contributed by atoms with E-state index >= 15 is 0 Å². The summed E-state index contributed by atoms with van der Waals surface area (Å²) in [6.07, 6.45) is 7.48. The SMILES string of the molecule is CC(=O)NC[C@]1(c2ccccc2)CC[C@H](O)[C@@H](N(C)C(=O)c2cnc(C3CC3)nc2)CC1. The van der Waals surface area contributed by atoms with Crippen LogP contribution in [0.5, 0.6) is 0 Å². The van der Waals surface area contributed by atoms with Crippen LogP contribution in [-0.2, 0) is 10.2 Å². The van der Waals surface area contributed by atoms with E-state index in [-0.39, 0.29) is 23.3 Å². The summed E-state index contributed by atoms with van der Waals surface area (Å²) in [6, 6.07) is 9.85. The van der Waals surface area contributed by atoms with Gasteiger partial charge in [0.15, 0.2) is 0 Å². The second kappa shape index (κ2) is 9.36. The van der Waals surface area contributed by atoms with E-state index in [2.05, 4.69) is 27.4 Å². The lowest BCUT2D eigenvalue weighted by Gasteiger charge is -2.34. The fourth-order valence-electron chi connectivity index (χ4n) is 4.82. The number of aliphatic hydroxyl groups excluding tert-OH is 1. The number of hydrogen-bond donors (Lipinski definition) is 2. The molecule has 7 heteroatoms. The number of benzene rings is 1. The Balaban J connectivity index is 1.51. The molecular formula is C25H32N4O3. The first-order chi connectivity index (χ1) is 15.4. The van der Waals surface area contributed by atoms with Crippen LogP contribution in [0, 0.1) is 0 Å². The van der Waals surface area contributed by atoms with E-state index in [0.717, 1.165) is 37.1 Å². The fourth-order valence-corrected chi connectivity index (χ4v) is 4.82. The summed E-state index contributed by atoms with van der Waals surface area (Å²) in [4.78, 5) is 35.2. The van der Waals surface area contributed by atoms with Crippen molar-refractivity contribution < 1.29 is 14.7 Å². The molecule has 3 atom stereocenters. The molecular weight excluding hydrogens is 404 g/mol. The van der Waals surface area contributed by atoms with Gasteiger partial charge in [0, 0.05) is 44.2 Å². The van der Waals surface area contributed by atoms with Crippen LogP contribution in [0.4, 0.5) is 0 Å². The number of carbonyl (C=O) groups excluding carboxylic acids is 2. The third-order valence-electron chi connectivity index (χ3n) is 7.02. The van der Waals surface area contributed by atoms with Crippen LogP contribution in [0.2, 0.25) is 0 Å². The summed E-state index contributed by atoms with van der Waals surface area (Å²) in [5, 5.41) is 14.0. The van der Waals surface area contributed by atoms with Gasteiger partial charge >= 0.3 is 0 Å². The molecule has 2 aliphatic carbocycles. The van der Waals surface area contributed by atoms with Gasteiger partial charge in [-0.1, -0.05) is 30.3 Å². The Morgan fingerprint density at radius 3 is 2.38 bits per heavy atom. The van der Waals surface area contributed by atoms with Crippen molar-refractivity contribution in [3.63, 3.8) is 0 Å². The molecule has 0 spiro atoms. The van der Waals surface area contributed by atoms with E-state index in [1.807, 2.05) is 18.2 Å². The molecule has 32 heavy (non-hydrogen) atoms. The standard InChI is InChI=1S/C25H32N4O3/c1-17(30)28-16-25(20-6-4-3-5-7-20)12-10-21(22(31)11-13-25)29(2)24(32)19-14-26-23(27-15-19)18-8-9-18/h3-7,14-15,18,21-22,31H,8-13,16H2,1-2H3,(H,28,30)/t21-,22-,25+/m0/s1. The molecule has 2 aliphatic rings. The van der Waals surface area contributed by atoms with Gasteiger partial charge in [-0.25, -0.2) is 9.97 Å². The first-order valence-electron chi connectivity index (χ1n) is 11.5. The zero-order valence-electron chi connectivity index (χ0n) is 18.8. The predicted molar refractivity (Wildman–Crippen MR) is 121 cm³/mol. The molecule has 0 radical (unpaired) electrons. The number of rotatable bonds is 6. The molecule has 170 valence electrons. The number of amides is 2. The van der Waals surface area contributed by atoms with Crippen molar-refractivity contribution in [1.29, 1.82) is 0 Å². The van der Waals surface area contributed by atoms with Gasteiger partial charge < -0.3 is 15.3 Å². The van der Waals surface area contributed by atoms with E-state index in [1.54, 1.807) is 24.3 Å². The van der Waals surface area contributed by atoms with Gasteiger partial charge in [0.2, 0.25) is 5.91 Å². The summed E-state index contributed by atoms with van der Waals surface area (Å²) in [7, 11) is 1.74. The maximum absolute atomic E-state index is 13.1. The van der Waals surface area contributed by atoms with Gasteiger partial charge in [-0.05, 0) is 44.1 Å². The van der Waals surface area contributed by atoms with Crippen molar-refractivity contribution in [1.82, 2.24) is 20.2 Å². The first-order valence-corrected chi connectivity index (χ1v) is 11.5. The summed E-state index contributed by atoms with van der Waals surface area (Å²) in [5.74, 6) is 1.01. The van der Waals surface area contributed by atoms with Gasteiger partial charge in [0.05, 0.1) is 17.7 Å². The Kier molecular flexibility index (Phi) is 6.55. The molecule has 0 unspecified atom stereocenters. The van der Waals surface area contributed by atoms with Gasteiger partial charge in [0.1, 0.15) is 5.82 Å². The zero-order valence-corrected chi connectivity index (χ0v) is 18.8. The molecule has 2 fully saturated rings. The molecule has 4 rings (SSSR count). The number of aliphatic hydroxyl groups is 1. The van der Waals surface area contributed by atoms with Crippen LogP contribution in [0.1, 0.15) is 73.1 Å². The topological polar surface area (TPSA) is 95.4 Å². The molecule has 2 N–H and O–H groups in total. The van der Waals surface area contributed by atoms with Gasteiger partial charge in [0.25, 0.3) is 5.91 Å². The van der Waals surface area contributed by atoms with E-state index in [0.29, 0.717) is 30.9 Å². The van der Waals surface area contributed by atoms with Crippen LogP contribution in [0.25, 0.3) is 0 Å². The average Bonchev–Trinajstić information content (AvgIpc) is 3.66. The van der Waals surface area contributed by atoms with Crippen LogP contribution in [0.15, 0.2) is 42.7 Å². The lowest BCUT2D eigenvalue weighted by atomic mass is 9.74. The third-order valence-corrected chi connectivity index (χ3v) is 7.02. The molecule has 7 nitrogen and oxygen atoms in total. The van der Waals surface area contributed by atoms with Crippen LogP contribution >= 0.6 is 0 Å². The second-order valence-electron chi connectivity index (χ2n) is 9.29. The van der Waals surface area contributed by atoms with Crippen molar-refractivity contribution in [2.45, 2.75) is 68.9 Å². The summed E-state index contributed by atoms with van der Waals surface area (Å²) >= 11 is 0. The highest BCUT2D eigenvalue weighted by atomic mass is 16.3. The smallest absolute Gasteiger partial charge is 0.257 e. The molecule has 2 saturated carbocycles. The minimum Gasteiger partial charge on any atom is -0.391 e. The fraction of sp³-hybridized carbons (Fsp3) is 0.520. The third kappa shape index (κ3) is 4.83. The van der Waals surface area contributed by atoms with E-state index in [1.165, 1.54) is 6.92 Å². The average molecular weight is 437 g/mol. The van der Waals surface area contributed by atoms with Crippen molar-refractivity contribution in [3.8, 4) is 0 Å². The highest BCUT2D eigenvalue weighted by molar-refractivity contribution is 5.93. The Morgan fingerprint density at radius 1 is 1.09 bits per heavy atom. The van der Waals surface area contributed by atoms with E-state index in [9.17, 15) is 14.7 Å². The maximum atomic E-state index is 13.1. The highest BCUT2D eigenvalue weighted by Gasteiger charge is 2.40. The van der Waals surface area contributed by atoms with Crippen LogP contribution in [0.3, 0.4) is 0 Å². The van der Waals surface area contributed by atoms with Crippen molar-refractivity contribution in [2.75, 3.05) is 13.6 Å². The second-order valence-corrected chi connectivity index (χ2v) is 9.29. The maximum Gasteiger partial charge on any atom is 0.257 e. The summed E-state index contributed by atoms with van der Waals surface area (Å²) in [6.45, 7) is 2.04. The van der Waals surface area contributed by atoms with Gasteiger partial charge in [-0.3, -0.25) is 9.59 Å². The number of nitrogens with zero attached hydrogens (tertiary/aromatic N) is 3. The highest BCUT2D eigenvalue weighted by Crippen LogP contribution is 2.40. The van der Waals surface area contributed by atoms with Crippen molar-refractivity contribution in [2.24, 2.45) is 0 Å². The molecule has 1 aromatic heterocycles. The number of nitrogens with one attached hydrogen (secondary N) is 1.